The maximum atomic E-state index is 12.1. The molecule has 0 radical (unpaired) electrons. The highest BCUT2D eigenvalue weighted by Crippen LogP contribution is 2.23. The molecule has 5 nitrogen and oxygen atoms in total. The number of anilines is 1. The molecular formula is C18H17N3O2S. The minimum atomic E-state index is -0.555. The Labute approximate surface area is 143 Å². The number of nitrogens with one attached hydrogen (secondary N) is 1. The van der Waals surface area contributed by atoms with Gasteiger partial charge in [-0.2, -0.15) is 0 Å². The zero-order valence-electron chi connectivity index (χ0n) is 13.0. The maximum absolute atomic E-state index is 12.1. The van der Waals surface area contributed by atoms with Gasteiger partial charge < -0.3 is 11.1 Å². The van der Waals surface area contributed by atoms with Gasteiger partial charge in [0.1, 0.15) is 0 Å². The summed E-state index contributed by atoms with van der Waals surface area (Å²) in [5, 5.41) is 3.78. The van der Waals surface area contributed by atoms with Gasteiger partial charge in [0.05, 0.1) is 26.5 Å². The lowest BCUT2D eigenvalue weighted by atomic mass is 10.1. The van der Waals surface area contributed by atoms with Gasteiger partial charge in [0.25, 0.3) is 5.91 Å². The minimum absolute atomic E-state index is 0.134. The molecule has 2 amide bonds. The van der Waals surface area contributed by atoms with E-state index in [-0.39, 0.29) is 5.91 Å². The Morgan fingerprint density at radius 1 is 1.08 bits per heavy atom. The van der Waals surface area contributed by atoms with E-state index in [1.165, 1.54) is 0 Å². The third-order valence-electron chi connectivity index (χ3n) is 3.60. The van der Waals surface area contributed by atoms with E-state index in [4.69, 9.17) is 5.73 Å². The van der Waals surface area contributed by atoms with E-state index in [0.29, 0.717) is 24.1 Å². The predicted octanol–water partition coefficient (Wildman–Crippen LogP) is 3.36. The number of rotatable bonds is 6. The van der Waals surface area contributed by atoms with E-state index < -0.39 is 5.91 Å². The first-order valence-corrected chi connectivity index (χ1v) is 8.48. The number of primary amides is 1. The Bertz CT molecular complexity index is 856. The van der Waals surface area contributed by atoms with Crippen molar-refractivity contribution in [3.05, 3.63) is 59.1 Å². The van der Waals surface area contributed by atoms with Crippen molar-refractivity contribution in [3.8, 4) is 0 Å². The Kier molecular flexibility index (Phi) is 4.86. The van der Waals surface area contributed by atoms with Crippen LogP contribution in [0.4, 0.5) is 5.69 Å². The minimum Gasteiger partial charge on any atom is -0.366 e. The van der Waals surface area contributed by atoms with Crippen LogP contribution in [0.3, 0.4) is 0 Å². The molecule has 0 saturated heterocycles. The zero-order chi connectivity index (χ0) is 16.9. The number of aryl methyl sites for hydroxylation is 1. The fourth-order valence-electron chi connectivity index (χ4n) is 2.45. The molecule has 0 unspecified atom stereocenters. The molecule has 0 fully saturated rings. The number of benzene rings is 2. The molecule has 0 aliphatic carbocycles. The number of amides is 2. The topological polar surface area (TPSA) is 85.1 Å². The molecule has 0 aliphatic heterocycles. The lowest BCUT2D eigenvalue weighted by molar-refractivity contribution is -0.116. The SMILES string of the molecule is NC(=O)c1ccccc1NC(=O)CCCc1nc2ccccc2s1. The summed E-state index contributed by atoms with van der Waals surface area (Å²) in [5.41, 5.74) is 7.07. The number of nitrogens with zero attached hydrogens (tertiary/aromatic N) is 1. The summed E-state index contributed by atoms with van der Waals surface area (Å²) in [6.45, 7) is 0. The molecule has 1 heterocycles. The molecule has 0 spiro atoms. The Morgan fingerprint density at radius 2 is 1.83 bits per heavy atom. The summed E-state index contributed by atoms with van der Waals surface area (Å²) in [4.78, 5) is 28.0. The molecule has 6 heteroatoms. The molecule has 122 valence electrons. The second kappa shape index (κ2) is 7.23. The highest BCUT2D eigenvalue weighted by atomic mass is 32.1. The molecule has 3 rings (SSSR count). The molecule has 0 aliphatic rings. The number of para-hydroxylation sites is 2. The lowest BCUT2D eigenvalue weighted by Gasteiger charge is -2.08. The highest BCUT2D eigenvalue weighted by molar-refractivity contribution is 7.18. The Hall–Kier alpha value is -2.73. The van der Waals surface area contributed by atoms with E-state index in [2.05, 4.69) is 10.3 Å². The van der Waals surface area contributed by atoms with Gasteiger partial charge in [-0.3, -0.25) is 9.59 Å². The predicted molar refractivity (Wildman–Crippen MR) is 96.1 cm³/mol. The number of hydrogen-bond acceptors (Lipinski definition) is 4. The molecule has 2 aromatic carbocycles. The maximum Gasteiger partial charge on any atom is 0.250 e. The molecule has 0 saturated carbocycles. The standard InChI is InChI=1S/C18H17N3O2S/c19-18(23)12-6-1-2-7-13(12)20-16(22)10-5-11-17-21-14-8-3-4-9-15(14)24-17/h1-4,6-9H,5,10-11H2,(H2,19,23)(H,20,22). The van der Waals surface area contributed by atoms with Gasteiger partial charge >= 0.3 is 0 Å². The third kappa shape index (κ3) is 3.78. The summed E-state index contributed by atoms with van der Waals surface area (Å²) in [6, 6.07) is 14.7. The first-order chi connectivity index (χ1) is 11.6. The van der Waals surface area contributed by atoms with Crippen molar-refractivity contribution in [1.82, 2.24) is 4.98 Å². The lowest BCUT2D eigenvalue weighted by Crippen LogP contribution is -2.18. The molecule has 24 heavy (non-hydrogen) atoms. The van der Waals surface area contributed by atoms with Crippen molar-refractivity contribution in [2.24, 2.45) is 5.73 Å². The summed E-state index contributed by atoms with van der Waals surface area (Å²) in [5.74, 6) is -0.690. The van der Waals surface area contributed by atoms with Crippen LogP contribution < -0.4 is 11.1 Å². The van der Waals surface area contributed by atoms with Gasteiger partial charge in [0.15, 0.2) is 0 Å². The first kappa shape index (κ1) is 16.1. The average Bonchev–Trinajstić information content (AvgIpc) is 2.97. The highest BCUT2D eigenvalue weighted by Gasteiger charge is 2.10. The molecule has 1 aromatic heterocycles. The molecular weight excluding hydrogens is 322 g/mol. The normalized spacial score (nSPS) is 10.7. The van der Waals surface area contributed by atoms with Crippen molar-refractivity contribution in [2.75, 3.05) is 5.32 Å². The number of hydrogen-bond donors (Lipinski definition) is 2. The number of carbonyl (C=O) groups excluding carboxylic acids is 2. The van der Waals surface area contributed by atoms with Crippen LogP contribution in [-0.2, 0) is 11.2 Å². The van der Waals surface area contributed by atoms with Crippen molar-refractivity contribution in [3.63, 3.8) is 0 Å². The van der Waals surface area contributed by atoms with Crippen LogP contribution in [-0.4, -0.2) is 16.8 Å². The number of carbonyl (C=O) groups is 2. The molecule has 0 atom stereocenters. The van der Waals surface area contributed by atoms with Gasteiger partial charge in [0, 0.05) is 6.42 Å². The van der Waals surface area contributed by atoms with Crippen LogP contribution in [0.25, 0.3) is 10.2 Å². The van der Waals surface area contributed by atoms with Crippen LogP contribution >= 0.6 is 11.3 Å². The quantitative estimate of drug-likeness (QED) is 0.722. The van der Waals surface area contributed by atoms with E-state index in [1.54, 1.807) is 35.6 Å². The van der Waals surface area contributed by atoms with Crippen LogP contribution in [0.15, 0.2) is 48.5 Å². The number of aromatic nitrogens is 1. The second-order valence-electron chi connectivity index (χ2n) is 5.39. The Morgan fingerprint density at radius 3 is 2.62 bits per heavy atom. The van der Waals surface area contributed by atoms with Gasteiger partial charge in [-0.05, 0) is 37.1 Å². The zero-order valence-corrected chi connectivity index (χ0v) is 13.8. The van der Waals surface area contributed by atoms with Crippen molar-refractivity contribution in [2.45, 2.75) is 19.3 Å². The summed E-state index contributed by atoms with van der Waals surface area (Å²) in [7, 11) is 0. The van der Waals surface area contributed by atoms with Crippen molar-refractivity contribution >= 4 is 39.1 Å². The fraction of sp³-hybridized carbons (Fsp3) is 0.167. The first-order valence-electron chi connectivity index (χ1n) is 7.66. The number of nitrogens with two attached hydrogens (primary N) is 1. The van der Waals surface area contributed by atoms with E-state index in [9.17, 15) is 9.59 Å². The molecule has 3 aromatic rings. The molecule has 3 N–H and O–H groups in total. The third-order valence-corrected chi connectivity index (χ3v) is 4.70. The summed E-state index contributed by atoms with van der Waals surface area (Å²) in [6.07, 6.45) is 1.82. The summed E-state index contributed by atoms with van der Waals surface area (Å²) >= 11 is 1.66. The van der Waals surface area contributed by atoms with Crippen molar-refractivity contribution < 1.29 is 9.59 Å². The number of fused-ring (bicyclic) bond motifs is 1. The van der Waals surface area contributed by atoms with Crippen LogP contribution in [0.1, 0.15) is 28.2 Å². The van der Waals surface area contributed by atoms with Crippen LogP contribution in [0.2, 0.25) is 0 Å². The number of thiazole rings is 1. The van der Waals surface area contributed by atoms with E-state index in [0.717, 1.165) is 21.6 Å². The average molecular weight is 339 g/mol. The Balaban J connectivity index is 1.55. The summed E-state index contributed by atoms with van der Waals surface area (Å²) < 4.78 is 1.16. The second-order valence-corrected chi connectivity index (χ2v) is 6.50. The largest absolute Gasteiger partial charge is 0.366 e. The van der Waals surface area contributed by atoms with Gasteiger partial charge in [0.2, 0.25) is 5.91 Å². The monoisotopic (exact) mass is 339 g/mol. The van der Waals surface area contributed by atoms with Crippen LogP contribution in [0, 0.1) is 0 Å². The smallest absolute Gasteiger partial charge is 0.250 e. The molecule has 0 bridgehead atoms. The van der Waals surface area contributed by atoms with E-state index in [1.807, 2.05) is 24.3 Å². The van der Waals surface area contributed by atoms with Crippen LogP contribution in [0.5, 0.6) is 0 Å². The van der Waals surface area contributed by atoms with Gasteiger partial charge in [-0.15, -0.1) is 11.3 Å². The fourth-order valence-corrected chi connectivity index (χ4v) is 3.46. The van der Waals surface area contributed by atoms with Gasteiger partial charge in [-0.25, -0.2) is 4.98 Å². The van der Waals surface area contributed by atoms with E-state index >= 15 is 0 Å². The van der Waals surface area contributed by atoms with Crippen molar-refractivity contribution in [1.29, 1.82) is 0 Å². The van der Waals surface area contributed by atoms with Gasteiger partial charge in [-0.1, -0.05) is 24.3 Å².